The molecule has 1 saturated carbocycles. The lowest BCUT2D eigenvalue weighted by Gasteiger charge is -2.56. The van der Waals surface area contributed by atoms with E-state index in [9.17, 15) is 13.2 Å². The van der Waals surface area contributed by atoms with Gasteiger partial charge in [0, 0.05) is 35.8 Å². The molecule has 2 fully saturated rings. The highest BCUT2D eigenvalue weighted by Gasteiger charge is 2.51. The third-order valence-electron chi connectivity index (χ3n) is 6.40. The van der Waals surface area contributed by atoms with Crippen LogP contribution in [0.4, 0.5) is 18.9 Å². The van der Waals surface area contributed by atoms with Crippen LogP contribution in [0, 0.1) is 5.41 Å². The normalized spacial score (nSPS) is 34.2. The molecule has 1 aromatic carbocycles. The highest BCUT2D eigenvalue weighted by atomic mass is 19.4. The van der Waals surface area contributed by atoms with Crippen LogP contribution in [0.5, 0.6) is 0 Å². The summed E-state index contributed by atoms with van der Waals surface area (Å²) in [4.78, 5) is 2.17. The predicted molar refractivity (Wildman–Crippen MR) is 94.4 cm³/mol. The summed E-state index contributed by atoms with van der Waals surface area (Å²) in [5.74, 6) is 0. The number of halogens is 3. The van der Waals surface area contributed by atoms with Gasteiger partial charge >= 0.3 is 6.18 Å². The second-order valence-electron chi connectivity index (χ2n) is 8.02. The van der Waals surface area contributed by atoms with E-state index in [-0.39, 0.29) is 11.5 Å². The van der Waals surface area contributed by atoms with Crippen molar-refractivity contribution in [1.29, 1.82) is 0 Å². The molecule has 0 aromatic heterocycles. The van der Waals surface area contributed by atoms with Crippen molar-refractivity contribution >= 4 is 5.69 Å². The van der Waals surface area contributed by atoms with Gasteiger partial charge in [0.05, 0.1) is 5.56 Å². The van der Waals surface area contributed by atoms with E-state index in [0.717, 1.165) is 69.4 Å². The van der Waals surface area contributed by atoms with Crippen LogP contribution in [-0.4, -0.2) is 24.7 Å². The zero-order chi connectivity index (χ0) is 18.3. The van der Waals surface area contributed by atoms with Gasteiger partial charge in [0.25, 0.3) is 0 Å². The number of rotatable bonds is 2. The Balaban J connectivity index is 1.81. The molecule has 3 rings (SSSR count). The summed E-state index contributed by atoms with van der Waals surface area (Å²) in [6.07, 6.45) is 1.78. The highest BCUT2D eigenvalue weighted by Crippen LogP contribution is 2.46. The second-order valence-corrected chi connectivity index (χ2v) is 8.02. The van der Waals surface area contributed by atoms with Gasteiger partial charge in [-0.2, -0.15) is 13.2 Å². The maximum absolute atomic E-state index is 12.8. The fourth-order valence-electron chi connectivity index (χ4n) is 4.68. The number of piperidine rings is 1. The van der Waals surface area contributed by atoms with Crippen LogP contribution in [0.3, 0.4) is 0 Å². The van der Waals surface area contributed by atoms with Crippen molar-refractivity contribution in [2.24, 2.45) is 16.9 Å². The Hall–Kier alpha value is -1.27. The molecule has 0 unspecified atom stereocenters. The van der Waals surface area contributed by atoms with E-state index < -0.39 is 17.3 Å². The summed E-state index contributed by atoms with van der Waals surface area (Å²) in [6, 6.07) is 5.44. The van der Waals surface area contributed by atoms with Crippen LogP contribution in [0.25, 0.3) is 0 Å². The Morgan fingerprint density at radius 3 is 2.36 bits per heavy atom. The fourth-order valence-corrected chi connectivity index (χ4v) is 4.68. The number of benzene rings is 1. The van der Waals surface area contributed by atoms with Gasteiger partial charge in [0.15, 0.2) is 0 Å². The minimum atomic E-state index is -4.30. The van der Waals surface area contributed by atoms with Gasteiger partial charge in [0.1, 0.15) is 0 Å². The number of alkyl halides is 3. The number of nitrogens with zero attached hydrogens (tertiary/aromatic N) is 1. The molecule has 3 atom stereocenters. The molecule has 4 N–H and O–H groups in total. The molecule has 0 bridgehead atoms. The molecular formula is C19H28F3N3. The summed E-state index contributed by atoms with van der Waals surface area (Å²) in [7, 11) is 0. The molecule has 3 nitrogen and oxygen atoms in total. The summed E-state index contributed by atoms with van der Waals surface area (Å²) >= 11 is 0. The van der Waals surface area contributed by atoms with E-state index in [0.29, 0.717) is 0 Å². The molecule has 1 aliphatic carbocycles. The van der Waals surface area contributed by atoms with E-state index in [1.807, 2.05) is 0 Å². The quantitative estimate of drug-likeness (QED) is 0.846. The standard InChI is InChI=1S/C19H28F3N3/c1-17(18(24)11-3-2-5-16(18)23)10-4-12-25(13-17)15-8-6-14(7-9-15)19(20,21)22/h6-9,16H,2-5,10-13,23-24H2,1H3/t16-,17+,18+/m1/s1. The Kier molecular flexibility index (Phi) is 4.79. The number of hydrogen-bond donors (Lipinski definition) is 2. The van der Waals surface area contributed by atoms with Crippen LogP contribution < -0.4 is 16.4 Å². The van der Waals surface area contributed by atoms with Crippen molar-refractivity contribution in [2.75, 3.05) is 18.0 Å². The van der Waals surface area contributed by atoms with Crippen molar-refractivity contribution in [3.05, 3.63) is 29.8 Å². The SMILES string of the molecule is C[C@]1([C@]2(N)CCCC[C@H]2N)CCCN(c2ccc(C(F)(F)F)cc2)C1. The van der Waals surface area contributed by atoms with Gasteiger partial charge in [0.2, 0.25) is 0 Å². The van der Waals surface area contributed by atoms with Gasteiger partial charge in [-0.15, -0.1) is 0 Å². The number of hydrogen-bond acceptors (Lipinski definition) is 3. The van der Waals surface area contributed by atoms with E-state index in [1.54, 1.807) is 12.1 Å². The first-order valence-electron chi connectivity index (χ1n) is 9.12. The molecule has 1 saturated heterocycles. The fraction of sp³-hybridized carbons (Fsp3) is 0.684. The summed E-state index contributed by atoms with van der Waals surface area (Å²) in [5.41, 5.74) is 12.9. The Morgan fingerprint density at radius 1 is 1.08 bits per heavy atom. The second kappa shape index (κ2) is 6.47. The van der Waals surface area contributed by atoms with Crippen molar-refractivity contribution in [3.8, 4) is 0 Å². The van der Waals surface area contributed by atoms with Crippen molar-refractivity contribution in [1.82, 2.24) is 0 Å². The molecule has 1 aromatic rings. The molecule has 1 heterocycles. The average Bonchev–Trinajstić information content (AvgIpc) is 2.57. The van der Waals surface area contributed by atoms with Gasteiger partial charge in [-0.3, -0.25) is 0 Å². The molecule has 1 aliphatic heterocycles. The lowest BCUT2D eigenvalue weighted by atomic mass is 9.59. The minimum Gasteiger partial charge on any atom is -0.371 e. The largest absolute Gasteiger partial charge is 0.416 e. The zero-order valence-corrected chi connectivity index (χ0v) is 14.8. The molecule has 2 aliphatic rings. The minimum absolute atomic E-state index is 0.0150. The topological polar surface area (TPSA) is 55.3 Å². The first-order valence-corrected chi connectivity index (χ1v) is 9.12. The number of nitrogens with two attached hydrogens (primary N) is 2. The van der Waals surface area contributed by atoms with Crippen LogP contribution >= 0.6 is 0 Å². The molecular weight excluding hydrogens is 327 g/mol. The third-order valence-corrected chi connectivity index (χ3v) is 6.40. The van der Waals surface area contributed by atoms with Crippen LogP contribution in [0.2, 0.25) is 0 Å². The molecule has 0 radical (unpaired) electrons. The lowest BCUT2D eigenvalue weighted by molar-refractivity contribution is -0.137. The van der Waals surface area contributed by atoms with Gasteiger partial charge in [-0.05, 0) is 49.9 Å². The maximum Gasteiger partial charge on any atom is 0.416 e. The van der Waals surface area contributed by atoms with Crippen molar-refractivity contribution in [3.63, 3.8) is 0 Å². The molecule has 0 spiro atoms. The molecule has 140 valence electrons. The van der Waals surface area contributed by atoms with Crippen LogP contribution in [-0.2, 0) is 6.18 Å². The lowest BCUT2D eigenvalue weighted by Crippen LogP contribution is -2.69. The van der Waals surface area contributed by atoms with Gasteiger partial charge in [-0.25, -0.2) is 0 Å². The summed E-state index contributed by atoms with van der Waals surface area (Å²) in [6.45, 7) is 3.78. The van der Waals surface area contributed by atoms with E-state index >= 15 is 0 Å². The zero-order valence-electron chi connectivity index (χ0n) is 14.8. The van der Waals surface area contributed by atoms with Crippen molar-refractivity contribution < 1.29 is 13.2 Å². The predicted octanol–water partition coefficient (Wildman–Crippen LogP) is 3.91. The first kappa shape index (κ1) is 18.5. The van der Waals surface area contributed by atoms with Gasteiger partial charge < -0.3 is 16.4 Å². The highest BCUT2D eigenvalue weighted by molar-refractivity contribution is 5.49. The molecule has 25 heavy (non-hydrogen) atoms. The molecule has 6 heteroatoms. The van der Waals surface area contributed by atoms with E-state index in [4.69, 9.17) is 11.5 Å². The smallest absolute Gasteiger partial charge is 0.371 e. The van der Waals surface area contributed by atoms with E-state index in [2.05, 4.69) is 11.8 Å². The molecule has 0 amide bonds. The number of anilines is 1. The average molecular weight is 355 g/mol. The monoisotopic (exact) mass is 355 g/mol. The van der Waals surface area contributed by atoms with Crippen LogP contribution in [0.15, 0.2) is 24.3 Å². The van der Waals surface area contributed by atoms with Gasteiger partial charge in [-0.1, -0.05) is 19.8 Å². The summed E-state index contributed by atoms with van der Waals surface area (Å²) < 4.78 is 38.3. The maximum atomic E-state index is 12.8. The third kappa shape index (κ3) is 3.38. The Morgan fingerprint density at radius 2 is 1.76 bits per heavy atom. The van der Waals surface area contributed by atoms with Crippen molar-refractivity contribution in [2.45, 2.75) is 63.2 Å². The summed E-state index contributed by atoms with van der Waals surface area (Å²) in [5, 5.41) is 0. The van der Waals surface area contributed by atoms with E-state index in [1.165, 1.54) is 0 Å². The Labute approximate surface area is 147 Å². The first-order chi connectivity index (χ1) is 11.7. The Bertz CT molecular complexity index is 601. The van der Waals surface area contributed by atoms with Crippen LogP contribution in [0.1, 0.15) is 51.0 Å².